The second-order valence-electron chi connectivity index (χ2n) is 6.79. The van der Waals surface area contributed by atoms with Crippen molar-refractivity contribution < 1.29 is 9.90 Å². The summed E-state index contributed by atoms with van der Waals surface area (Å²) in [6.07, 6.45) is 2.19. The number of β-amino-alcohol motifs (C(OH)–C–C–N with tert-alkyl or cyclic N) is 1. The van der Waals surface area contributed by atoms with E-state index in [-0.39, 0.29) is 5.91 Å². The number of benzene rings is 1. The molecular formula is C16H22N2O2. The zero-order valence-electron chi connectivity index (χ0n) is 12.1. The minimum Gasteiger partial charge on any atom is -0.399 e. The van der Waals surface area contributed by atoms with Crippen LogP contribution in [0.25, 0.3) is 0 Å². The van der Waals surface area contributed by atoms with Crippen molar-refractivity contribution in [1.29, 1.82) is 0 Å². The van der Waals surface area contributed by atoms with Crippen LogP contribution in [0.15, 0.2) is 24.3 Å². The highest BCUT2D eigenvalue weighted by Gasteiger charge is 2.54. The molecule has 1 heterocycles. The molecule has 1 aliphatic carbocycles. The fraction of sp³-hybridized carbons (Fsp3) is 0.562. The van der Waals surface area contributed by atoms with Gasteiger partial charge in [0.05, 0.1) is 18.5 Å². The minimum atomic E-state index is -0.618. The summed E-state index contributed by atoms with van der Waals surface area (Å²) in [5, 5.41) is 10.3. The van der Waals surface area contributed by atoms with E-state index in [1.807, 2.05) is 38.1 Å². The highest BCUT2D eigenvalue weighted by atomic mass is 16.3. The van der Waals surface area contributed by atoms with Crippen LogP contribution in [0, 0.1) is 5.92 Å². The van der Waals surface area contributed by atoms with Crippen LogP contribution in [0.5, 0.6) is 0 Å². The number of carbonyl (C=O) groups excluding carboxylic acids is 1. The lowest BCUT2D eigenvalue weighted by molar-refractivity contribution is -0.164. The van der Waals surface area contributed by atoms with Crippen LogP contribution < -0.4 is 5.73 Å². The normalized spacial score (nSPS) is 21.4. The van der Waals surface area contributed by atoms with Gasteiger partial charge in [-0.2, -0.15) is 0 Å². The molecule has 1 aliphatic heterocycles. The number of carbonyl (C=O) groups is 1. The van der Waals surface area contributed by atoms with Crippen molar-refractivity contribution in [3.05, 3.63) is 29.8 Å². The topological polar surface area (TPSA) is 66.6 Å². The Kier molecular flexibility index (Phi) is 2.83. The van der Waals surface area contributed by atoms with Crippen LogP contribution in [0.1, 0.15) is 32.3 Å². The highest BCUT2D eigenvalue weighted by molar-refractivity contribution is 5.88. The summed E-state index contributed by atoms with van der Waals surface area (Å²) >= 11 is 0. The third-order valence-corrected chi connectivity index (χ3v) is 4.72. The maximum Gasteiger partial charge on any atom is 0.232 e. The number of nitrogens with two attached hydrogens (primary N) is 1. The Morgan fingerprint density at radius 1 is 1.30 bits per heavy atom. The monoisotopic (exact) mass is 274 g/mol. The largest absolute Gasteiger partial charge is 0.399 e. The molecule has 2 fully saturated rings. The van der Waals surface area contributed by atoms with Crippen LogP contribution in [0.3, 0.4) is 0 Å². The molecule has 3 rings (SSSR count). The molecule has 4 nitrogen and oxygen atoms in total. The van der Waals surface area contributed by atoms with E-state index >= 15 is 0 Å². The first kappa shape index (κ1) is 13.4. The van der Waals surface area contributed by atoms with Gasteiger partial charge in [-0.3, -0.25) is 4.79 Å². The highest BCUT2D eigenvalue weighted by Crippen LogP contribution is 2.45. The number of likely N-dealkylation sites (tertiary alicyclic amines) is 1. The lowest BCUT2D eigenvalue weighted by Gasteiger charge is -2.49. The average Bonchev–Trinajstić information content (AvgIpc) is 3.19. The fourth-order valence-corrected chi connectivity index (χ4v) is 3.06. The Hall–Kier alpha value is -1.55. The molecule has 4 heteroatoms. The van der Waals surface area contributed by atoms with Crippen molar-refractivity contribution in [3.8, 4) is 0 Å². The second-order valence-corrected chi connectivity index (χ2v) is 6.79. The molecule has 1 aromatic rings. The summed E-state index contributed by atoms with van der Waals surface area (Å²) in [4.78, 5) is 14.4. The Bertz CT molecular complexity index is 526. The fourth-order valence-electron chi connectivity index (χ4n) is 3.06. The van der Waals surface area contributed by atoms with E-state index < -0.39 is 11.0 Å². The molecule has 20 heavy (non-hydrogen) atoms. The van der Waals surface area contributed by atoms with Gasteiger partial charge in [0.25, 0.3) is 0 Å². The molecule has 0 bridgehead atoms. The molecule has 1 saturated heterocycles. The quantitative estimate of drug-likeness (QED) is 0.821. The van der Waals surface area contributed by atoms with Crippen molar-refractivity contribution in [2.75, 3.05) is 18.8 Å². The van der Waals surface area contributed by atoms with E-state index in [0.29, 0.717) is 24.7 Å². The van der Waals surface area contributed by atoms with Gasteiger partial charge in [-0.05, 0) is 50.3 Å². The Morgan fingerprint density at radius 2 is 1.85 bits per heavy atom. The smallest absolute Gasteiger partial charge is 0.232 e. The zero-order valence-corrected chi connectivity index (χ0v) is 12.1. The van der Waals surface area contributed by atoms with E-state index in [1.54, 1.807) is 4.90 Å². The maximum atomic E-state index is 12.6. The van der Waals surface area contributed by atoms with E-state index in [1.165, 1.54) is 0 Å². The van der Waals surface area contributed by atoms with Gasteiger partial charge in [-0.25, -0.2) is 0 Å². The summed E-state index contributed by atoms with van der Waals surface area (Å²) in [6, 6.07) is 7.45. The lowest BCUT2D eigenvalue weighted by atomic mass is 9.79. The minimum absolute atomic E-state index is 0.0765. The summed E-state index contributed by atoms with van der Waals surface area (Å²) in [7, 11) is 0. The van der Waals surface area contributed by atoms with Gasteiger partial charge in [0.1, 0.15) is 5.60 Å². The third kappa shape index (κ3) is 2.08. The van der Waals surface area contributed by atoms with Gasteiger partial charge in [0, 0.05) is 5.69 Å². The lowest BCUT2D eigenvalue weighted by Crippen LogP contribution is -2.67. The van der Waals surface area contributed by atoms with E-state index in [4.69, 9.17) is 5.73 Å². The maximum absolute atomic E-state index is 12.6. The summed E-state index contributed by atoms with van der Waals surface area (Å²) in [6.45, 7) is 4.81. The summed E-state index contributed by atoms with van der Waals surface area (Å²) in [5.41, 5.74) is 6.14. The molecule has 1 aromatic carbocycles. The molecule has 0 aromatic heterocycles. The number of nitrogens with zero attached hydrogens (tertiary/aromatic N) is 1. The van der Waals surface area contributed by atoms with Gasteiger partial charge in [0.2, 0.25) is 5.91 Å². The molecule has 1 amide bonds. The Balaban J connectivity index is 1.71. The van der Waals surface area contributed by atoms with Crippen LogP contribution >= 0.6 is 0 Å². The van der Waals surface area contributed by atoms with Crippen LogP contribution in [-0.2, 0) is 10.2 Å². The third-order valence-electron chi connectivity index (χ3n) is 4.72. The molecule has 0 radical (unpaired) electrons. The number of rotatable bonds is 3. The van der Waals surface area contributed by atoms with E-state index in [9.17, 15) is 9.90 Å². The molecule has 0 spiro atoms. The number of aliphatic hydroxyl groups is 1. The molecule has 0 atom stereocenters. The zero-order chi connectivity index (χ0) is 14.5. The molecule has 2 aliphatic rings. The van der Waals surface area contributed by atoms with Crippen molar-refractivity contribution in [2.45, 2.75) is 37.7 Å². The van der Waals surface area contributed by atoms with E-state index in [2.05, 4.69) is 0 Å². The first-order chi connectivity index (χ1) is 9.33. The van der Waals surface area contributed by atoms with Gasteiger partial charge >= 0.3 is 0 Å². The average molecular weight is 274 g/mol. The Labute approximate surface area is 119 Å². The number of nitrogen functional groups attached to an aromatic ring is 1. The number of hydrogen-bond donors (Lipinski definition) is 2. The first-order valence-corrected chi connectivity index (χ1v) is 7.21. The van der Waals surface area contributed by atoms with Gasteiger partial charge in [0.15, 0.2) is 0 Å². The van der Waals surface area contributed by atoms with Gasteiger partial charge in [-0.1, -0.05) is 12.1 Å². The van der Waals surface area contributed by atoms with Crippen LogP contribution in [0.4, 0.5) is 5.69 Å². The standard InChI is InChI=1S/C16H22N2O2/c1-15(2,11-5-7-13(17)8-6-11)14(19)18-9-16(20,10-18)12-3-4-12/h5-8,12,20H,3-4,9-10,17H2,1-2H3. The molecule has 1 saturated carbocycles. The van der Waals surface area contributed by atoms with Gasteiger partial charge in [-0.15, -0.1) is 0 Å². The summed E-state index contributed by atoms with van der Waals surface area (Å²) < 4.78 is 0. The predicted octanol–water partition coefficient (Wildman–Crippen LogP) is 1.53. The molecule has 0 unspecified atom stereocenters. The van der Waals surface area contributed by atoms with Crippen molar-refractivity contribution in [2.24, 2.45) is 5.92 Å². The molecule has 108 valence electrons. The van der Waals surface area contributed by atoms with Crippen molar-refractivity contribution in [1.82, 2.24) is 4.90 Å². The molecule has 3 N–H and O–H groups in total. The summed E-state index contributed by atoms with van der Waals surface area (Å²) in [5.74, 6) is 0.485. The SMILES string of the molecule is CC(C)(C(=O)N1CC(O)(C2CC2)C1)c1ccc(N)cc1. The first-order valence-electron chi connectivity index (χ1n) is 7.21. The molecular weight excluding hydrogens is 252 g/mol. The van der Waals surface area contributed by atoms with Crippen LogP contribution in [0.2, 0.25) is 0 Å². The van der Waals surface area contributed by atoms with Crippen LogP contribution in [-0.4, -0.2) is 34.6 Å². The second kappa shape index (κ2) is 4.22. The van der Waals surface area contributed by atoms with E-state index in [0.717, 1.165) is 18.4 Å². The Morgan fingerprint density at radius 3 is 2.35 bits per heavy atom. The number of amides is 1. The van der Waals surface area contributed by atoms with Crippen molar-refractivity contribution in [3.63, 3.8) is 0 Å². The predicted molar refractivity (Wildman–Crippen MR) is 78.1 cm³/mol. The van der Waals surface area contributed by atoms with Gasteiger partial charge < -0.3 is 15.7 Å². The van der Waals surface area contributed by atoms with Crippen molar-refractivity contribution >= 4 is 11.6 Å². The number of anilines is 1. The number of hydrogen-bond acceptors (Lipinski definition) is 3.